The van der Waals surface area contributed by atoms with Gasteiger partial charge in [-0.05, 0) is 31.9 Å². The number of pyridine rings is 1. The van der Waals surface area contributed by atoms with Crippen molar-refractivity contribution in [3.05, 3.63) is 23.5 Å². The average molecular weight is 148 g/mol. The van der Waals surface area contributed by atoms with Crippen molar-refractivity contribution in [1.82, 2.24) is 4.98 Å². The maximum absolute atomic E-state index is 4.24. The van der Waals surface area contributed by atoms with Crippen molar-refractivity contribution in [2.45, 2.75) is 20.8 Å². The zero-order chi connectivity index (χ0) is 8.27. The number of aromatic nitrogens is 1. The topological polar surface area (TPSA) is 25.2 Å². The van der Waals surface area contributed by atoms with Gasteiger partial charge in [0.2, 0.25) is 0 Å². The zero-order valence-electron chi connectivity index (χ0n) is 7.13. The fraction of sp³-hybridized carbons (Fsp3) is 0.333. The Kier molecular flexibility index (Phi) is 2.36. The van der Waals surface area contributed by atoms with E-state index in [1.165, 1.54) is 0 Å². The molecule has 0 spiro atoms. The molecule has 0 fully saturated rings. The molecule has 2 heteroatoms. The Balaban J connectivity index is 3.20. The van der Waals surface area contributed by atoms with Crippen LogP contribution in [0.15, 0.2) is 17.4 Å². The standard InChI is InChI=1S/C9H12N2/c1-4-11-9-7(2)5-10-6-8(9)3/h4-6H,1-3H3. The van der Waals surface area contributed by atoms with E-state index in [1.807, 2.05) is 33.2 Å². The van der Waals surface area contributed by atoms with Gasteiger partial charge >= 0.3 is 0 Å². The van der Waals surface area contributed by atoms with Crippen LogP contribution in [-0.2, 0) is 0 Å². The summed E-state index contributed by atoms with van der Waals surface area (Å²) in [6.45, 7) is 5.95. The van der Waals surface area contributed by atoms with Gasteiger partial charge < -0.3 is 0 Å². The van der Waals surface area contributed by atoms with Gasteiger partial charge in [-0.1, -0.05) is 0 Å². The third kappa shape index (κ3) is 1.64. The van der Waals surface area contributed by atoms with Crippen LogP contribution in [0.25, 0.3) is 0 Å². The zero-order valence-corrected chi connectivity index (χ0v) is 7.13. The lowest BCUT2D eigenvalue weighted by Crippen LogP contribution is -1.82. The van der Waals surface area contributed by atoms with E-state index in [-0.39, 0.29) is 0 Å². The molecule has 1 heterocycles. The first-order chi connectivity index (χ1) is 5.25. The highest BCUT2D eigenvalue weighted by Crippen LogP contribution is 2.20. The van der Waals surface area contributed by atoms with Crippen LogP contribution in [-0.4, -0.2) is 11.2 Å². The summed E-state index contributed by atoms with van der Waals surface area (Å²) in [6.07, 6.45) is 5.46. The summed E-state index contributed by atoms with van der Waals surface area (Å²) < 4.78 is 0. The van der Waals surface area contributed by atoms with Gasteiger partial charge in [-0.15, -0.1) is 0 Å². The summed E-state index contributed by atoms with van der Waals surface area (Å²) in [7, 11) is 0. The molecule has 0 amide bonds. The quantitative estimate of drug-likeness (QED) is 0.561. The van der Waals surface area contributed by atoms with Crippen molar-refractivity contribution in [2.75, 3.05) is 0 Å². The lowest BCUT2D eigenvalue weighted by Gasteiger charge is -2.01. The van der Waals surface area contributed by atoms with Gasteiger partial charge in [0, 0.05) is 18.6 Å². The largest absolute Gasteiger partial charge is 0.264 e. The molecule has 11 heavy (non-hydrogen) atoms. The monoisotopic (exact) mass is 148 g/mol. The van der Waals surface area contributed by atoms with Crippen molar-refractivity contribution in [3.63, 3.8) is 0 Å². The van der Waals surface area contributed by atoms with E-state index in [0.717, 1.165) is 16.8 Å². The van der Waals surface area contributed by atoms with E-state index in [9.17, 15) is 0 Å². The predicted molar refractivity (Wildman–Crippen MR) is 47.5 cm³/mol. The molecule has 0 bridgehead atoms. The van der Waals surface area contributed by atoms with Gasteiger partial charge in [0.05, 0.1) is 5.69 Å². The van der Waals surface area contributed by atoms with E-state index in [2.05, 4.69) is 9.98 Å². The van der Waals surface area contributed by atoms with Gasteiger partial charge in [0.15, 0.2) is 0 Å². The molecule has 2 nitrogen and oxygen atoms in total. The summed E-state index contributed by atoms with van der Waals surface area (Å²) in [5.74, 6) is 0. The van der Waals surface area contributed by atoms with E-state index >= 15 is 0 Å². The number of aliphatic imine (C=N–C) groups is 1. The molecule has 0 radical (unpaired) electrons. The van der Waals surface area contributed by atoms with Gasteiger partial charge in [-0.25, -0.2) is 0 Å². The van der Waals surface area contributed by atoms with Crippen LogP contribution in [0.4, 0.5) is 5.69 Å². The average Bonchev–Trinajstić information content (AvgIpc) is 1.97. The second kappa shape index (κ2) is 3.28. The Hall–Kier alpha value is -1.18. The minimum atomic E-state index is 1.04. The first kappa shape index (κ1) is 7.92. The maximum atomic E-state index is 4.24. The molecule has 1 rings (SSSR count). The van der Waals surface area contributed by atoms with Crippen molar-refractivity contribution >= 4 is 11.9 Å². The highest BCUT2D eigenvalue weighted by atomic mass is 14.7. The van der Waals surface area contributed by atoms with Crippen LogP contribution in [0.3, 0.4) is 0 Å². The minimum Gasteiger partial charge on any atom is -0.264 e. The van der Waals surface area contributed by atoms with E-state index in [0.29, 0.717) is 0 Å². The Morgan fingerprint density at radius 3 is 2.27 bits per heavy atom. The van der Waals surface area contributed by atoms with Crippen molar-refractivity contribution in [2.24, 2.45) is 4.99 Å². The highest BCUT2D eigenvalue weighted by molar-refractivity contribution is 5.63. The Labute approximate surface area is 67.0 Å². The molecule has 0 saturated carbocycles. The Morgan fingerprint density at radius 1 is 1.27 bits per heavy atom. The fourth-order valence-electron chi connectivity index (χ4n) is 1.03. The lowest BCUT2D eigenvalue weighted by molar-refractivity contribution is 1.20. The van der Waals surface area contributed by atoms with Crippen LogP contribution >= 0.6 is 0 Å². The van der Waals surface area contributed by atoms with Gasteiger partial charge in [0.25, 0.3) is 0 Å². The second-order valence-electron chi connectivity index (χ2n) is 2.51. The van der Waals surface area contributed by atoms with Crippen LogP contribution in [0.1, 0.15) is 18.1 Å². The van der Waals surface area contributed by atoms with Crippen LogP contribution in [0.2, 0.25) is 0 Å². The number of hydrogen-bond acceptors (Lipinski definition) is 2. The summed E-state index contributed by atoms with van der Waals surface area (Å²) in [5.41, 5.74) is 3.30. The van der Waals surface area contributed by atoms with Crippen molar-refractivity contribution in [3.8, 4) is 0 Å². The second-order valence-corrected chi connectivity index (χ2v) is 2.51. The number of rotatable bonds is 1. The molecule has 0 aromatic carbocycles. The normalized spacial score (nSPS) is 10.8. The third-order valence-electron chi connectivity index (χ3n) is 1.54. The number of nitrogens with zero attached hydrogens (tertiary/aromatic N) is 2. The van der Waals surface area contributed by atoms with Crippen LogP contribution in [0, 0.1) is 13.8 Å². The maximum Gasteiger partial charge on any atom is 0.0714 e. The third-order valence-corrected chi connectivity index (χ3v) is 1.54. The Bertz CT molecular complexity index is 257. The van der Waals surface area contributed by atoms with Gasteiger partial charge in [-0.2, -0.15) is 0 Å². The summed E-state index contributed by atoms with van der Waals surface area (Å²) in [4.78, 5) is 8.29. The van der Waals surface area contributed by atoms with Crippen LogP contribution < -0.4 is 0 Å². The SMILES string of the molecule is CC=Nc1c(C)cncc1C. The molecule has 0 aliphatic rings. The molecule has 0 atom stereocenters. The van der Waals surface area contributed by atoms with E-state index in [4.69, 9.17) is 0 Å². The minimum absolute atomic E-state index is 1.04. The first-order valence-electron chi connectivity index (χ1n) is 3.65. The number of aryl methyl sites for hydroxylation is 2. The summed E-state index contributed by atoms with van der Waals surface area (Å²) in [5, 5.41) is 0. The molecule has 58 valence electrons. The molecule has 1 aromatic heterocycles. The smallest absolute Gasteiger partial charge is 0.0714 e. The molecule has 0 N–H and O–H groups in total. The fourth-order valence-corrected chi connectivity index (χ4v) is 1.03. The Morgan fingerprint density at radius 2 is 1.82 bits per heavy atom. The predicted octanol–water partition coefficient (Wildman–Crippen LogP) is 2.42. The van der Waals surface area contributed by atoms with Crippen molar-refractivity contribution in [1.29, 1.82) is 0 Å². The van der Waals surface area contributed by atoms with Crippen molar-refractivity contribution < 1.29 is 0 Å². The van der Waals surface area contributed by atoms with Crippen LogP contribution in [0.5, 0.6) is 0 Å². The van der Waals surface area contributed by atoms with Gasteiger partial charge in [0.1, 0.15) is 0 Å². The molecule has 0 saturated heterocycles. The molecule has 1 aromatic rings. The first-order valence-corrected chi connectivity index (χ1v) is 3.65. The summed E-state index contributed by atoms with van der Waals surface area (Å²) in [6, 6.07) is 0. The number of hydrogen-bond donors (Lipinski definition) is 0. The van der Waals surface area contributed by atoms with E-state index in [1.54, 1.807) is 6.21 Å². The molecular formula is C9H12N2. The van der Waals surface area contributed by atoms with E-state index < -0.39 is 0 Å². The van der Waals surface area contributed by atoms with Gasteiger partial charge in [-0.3, -0.25) is 9.98 Å². The molecular weight excluding hydrogens is 136 g/mol. The highest BCUT2D eigenvalue weighted by Gasteiger charge is 1.97. The molecule has 0 aliphatic heterocycles. The summed E-state index contributed by atoms with van der Waals surface area (Å²) >= 11 is 0. The lowest BCUT2D eigenvalue weighted by atomic mass is 10.2. The molecule has 0 aliphatic carbocycles. The molecule has 0 unspecified atom stereocenters.